The normalized spacial score (nSPS) is 18.0. The number of aromatic nitrogens is 2. The highest BCUT2D eigenvalue weighted by atomic mass is 32.2. The molecule has 0 bridgehead atoms. The van der Waals surface area contributed by atoms with E-state index in [0.717, 1.165) is 29.8 Å². The smallest absolute Gasteiger partial charge is 0.168 e. The molecule has 1 aromatic carbocycles. The van der Waals surface area contributed by atoms with Gasteiger partial charge >= 0.3 is 0 Å². The number of hydrogen-bond acceptors (Lipinski definition) is 3. The summed E-state index contributed by atoms with van der Waals surface area (Å²) in [5, 5.41) is 1.12. The fourth-order valence-electron chi connectivity index (χ4n) is 2.86. The summed E-state index contributed by atoms with van der Waals surface area (Å²) in [6.45, 7) is 8.27. The average molecular weight is 316 g/mol. The Morgan fingerprint density at radius 3 is 2.82 bits per heavy atom. The summed E-state index contributed by atoms with van der Waals surface area (Å²) in [6.07, 6.45) is 2.70. The summed E-state index contributed by atoms with van der Waals surface area (Å²) in [5.74, 6) is 0.966. The van der Waals surface area contributed by atoms with Gasteiger partial charge in [-0.3, -0.25) is 0 Å². The maximum Gasteiger partial charge on any atom is 0.168 e. The predicted molar refractivity (Wildman–Crippen MR) is 91.4 cm³/mol. The van der Waals surface area contributed by atoms with Crippen molar-refractivity contribution < 1.29 is 4.74 Å². The Morgan fingerprint density at radius 2 is 2.09 bits per heavy atom. The van der Waals surface area contributed by atoms with Gasteiger partial charge in [0.15, 0.2) is 5.16 Å². The lowest BCUT2D eigenvalue weighted by atomic mass is 10.1. The molecule has 1 saturated heterocycles. The van der Waals surface area contributed by atoms with Crippen molar-refractivity contribution >= 4 is 11.8 Å². The maximum atomic E-state index is 5.80. The zero-order valence-electron chi connectivity index (χ0n) is 13.6. The topological polar surface area (TPSA) is 27.1 Å². The average Bonchev–Trinajstić information content (AvgIpc) is 3.11. The zero-order valence-corrected chi connectivity index (χ0v) is 14.4. The molecule has 1 aromatic heterocycles. The van der Waals surface area contributed by atoms with Crippen molar-refractivity contribution in [3.8, 4) is 0 Å². The van der Waals surface area contributed by atoms with Crippen molar-refractivity contribution in [3.05, 3.63) is 46.8 Å². The molecule has 2 heterocycles. The van der Waals surface area contributed by atoms with Gasteiger partial charge in [-0.2, -0.15) is 0 Å². The second kappa shape index (κ2) is 6.88. The van der Waals surface area contributed by atoms with E-state index in [4.69, 9.17) is 9.72 Å². The SMILES string of the molecule is Cc1ccccc1CSc1nc(C)c(C)n1C[C@H]1CCCO1. The minimum Gasteiger partial charge on any atom is -0.376 e. The minimum atomic E-state index is 0.352. The van der Waals surface area contributed by atoms with Crippen LogP contribution in [0.3, 0.4) is 0 Å². The van der Waals surface area contributed by atoms with Crippen molar-refractivity contribution in [2.45, 2.75) is 57.2 Å². The van der Waals surface area contributed by atoms with Crippen LogP contribution in [0.15, 0.2) is 29.4 Å². The van der Waals surface area contributed by atoms with Gasteiger partial charge in [0.2, 0.25) is 0 Å². The lowest BCUT2D eigenvalue weighted by Crippen LogP contribution is -2.16. The molecule has 2 aromatic rings. The third-order valence-corrected chi connectivity index (χ3v) is 5.48. The summed E-state index contributed by atoms with van der Waals surface area (Å²) in [5.41, 5.74) is 5.13. The molecule has 3 nitrogen and oxygen atoms in total. The number of hydrogen-bond donors (Lipinski definition) is 0. The quantitative estimate of drug-likeness (QED) is 0.770. The molecule has 0 aliphatic carbocycles. The second-order valence-electron chi connectivity index (χ2n) is 6.03. The molecule has 0 unspecified atom stereocenters. The Kier molecular flexibility index (Phi) is 4.89. The van der Waals surface area contributed by atoms with Gasteiger partial charge in [0.25, 0.3) is 0 Å². The van der Waals surface area contributed by atoms with Crippen LogP contribution in [-0.4, -0.2) is 22.3 Å². The Morgan fingerprint density at radius 1 is 1.27 bits per heavy atom. The highest BCUT2D eigenvalue weighted by Gasteiger charge is 2.20. The Labute approximate surface area is 137 Å². The maximum absolute atomic E-state index is 5.80. The highest BCUT2D eigenvalue weighted by molar-refractivity contribution is 7.98. The van der Waals surface area contributed by atoms with Gasteiger partial charge in [-0.25, -0.2) is 4.98 Å². The van der Waals surface area contributed by atoms with E-state index in [1.807, 2.05) is 11.8 Å². The van der Waals surface area contributed by atoms with Gasteiger partial charge < -0.3 is 9.30 Å². The number of thioether (sulfide) groups is 1. The lowest BCUT2D eigenvalue weighted by Gasteiger charge is -2.15. The van der Waals surface area contributed by atoms with Crippen LogP contribution in [0, 0.1) is 20.8 Å². The fourth-order valence-corrected chi connectivity index (χ4v) is 4.03. The molecule has 1 aliphatic rings. The summed E-state index contributed by atoms with van der Waals surface area (Å²) in [4.78, 5) is 4.77. The molecule has 1 aliphatic heterocycles. The first-order valence-corrected chi connectivity index (χ1v) is 8.96. The van der Waals surface area contributed by atoms with Gasteiger partial charge in [0, 0.05) is 18.1 Å². The van der Waals surface area contributed by atoms with Crippen LogP contribution >= 0.6 is 11.8 Å². The Hall–Kier alpha value is -1.26. The van der Waals surface area contributed by atoms with E-state index in [9.17, 15) is 0 Å². The monoisotopic (exact) mass is 316 g/mol. The van der Waals surface area contributed by atoms with Crippen LogP contribution in [0.4, 0.5) is 0 Å². The molecule has 0 saturated carbocycles. The van der Waals surface area contributed by atoms with Crippen LogP contribution in [0.1, 0.15) is 35.4 Å². The van der Waals surface area contributed by atoms with Crippen molar-refractivity contribution in [3.63, 3.8) is 0 Å². The van der Waals surface area contributed by atoms with E-state index in [2.05, 4.69) is 49.6 Å². The van der Waals surface area contributed by atoms with Crippen LogP contribution in [0.25, 0.3) is 0 Å². The molecule has 118 valence electrons. The Balaban J connectivity index is 1.75. The number of rotatable bonds is 5. The zero-order chi connectivity index (χ0) is 15.5. The molecule has 3 rings (SSSR count). The number of nitrogens with zero attached hydrogens (tertiary/aromatic N) is 2. The predicted octanol–water partition coefficient (Wildman–Crippen LogP) is 4.28. The van der Waals surface area contributed by atoms with Crippen molar-refractivity contribution in [1.29, 1.82) is 0 Å². The lowest BCUT2D eigenvalue weighted by molar-refractivity contribution is 0.0945. The van der Waals surface area contributed by atoms with Crippen molar-refractivity contribution in [2.24, 2.45) is 0 Å². The first-order chi connectivity index (χ1) is 10.6. The van der Waals surface area contributed by atoms with E-state index in [1.165, 1.54) is 29.7 Å². The van der Waals surface area contributed by atoms with Crippen LogP contribution < -0.4 is 0 Å². The number of aryl methyl sites for hydroxylation is 2. The van der Waals surface area contributed by atoms with E-state index >= 15 is 0 Å². The molecule has 1 fully saturated rings. The van der Waals surface area contributed by atoms with E-state index in [1.54, 1.807) is 0 Å². The minimum absolute atomic E-state index is 0.352. The number of benzene rings is 1. The fraction of sp³-hybridized carbons (Fsp3) is 0.500. The first kappa shape index (κ1) is 15.6. The van der Waals surface area contributed by atoms with Gasteiger partial charge in [-0.05, 0) is 44.7 Å². The molecule has 0 N–H and O–H groups in total. The summed E-state index contributed by atoms with van der Waals surface area (Å²) in [6, 6.07) is 8.58. The summed E-state index contributed by atoms with van der Waals surface area (Å²) >= 11 is 1.83. The molecule has 0 spiro atoms. The molecular formula is C18H24N2OS. The molecule has 1 atom stereocenters. The van der Waals surface area contributed by atoms with E-state index < -0.39 is 0 Å². The third kappa shape index (κ3) is 3.39. The van der Waals surface area contributed by atoms with Gasteiger partial charge in [-0.1, -0.05) is 36.0 Å². The number of imidazole rings is 1. The largest absolute Gasteiger partial charge is 0.376 e. The first-order valence-electron chi connectivity index (χ1n) is 7.98. The molecule has 0 amide bonds. The Bertz CT molecular complexity index is 645. The van der Waals surface area contributed by atoms with Crippen LogP contribution in [-0.2, 0) is 17.0 Å². The molecule has 22 heavy (non-hydrogen) atoms. The highest BCUT2D eigenvalue weighted by Crippen LogP contribution is 2.27. The van der Waals surface area contributed by atoms with Crippen LogP contribution in [0.5, 0.6) is 0 Å². The molecular weight excluding hydrogens is 292 g/mol. The second-order valence-corrected chi connectivity index (χ2v) is 6.97. The van der Waals surface area contributed by atoms with E-state index in [-0.39, 0.29) is 0 Å². The standard InChI is InChI=1S/C18H24N2OS/c1-13-7-4-5-8-16(13)12-22-18-19-14(2)15(3)20(18)11-17-9-6-10-21-17/h4-5,7-8,17H,6,9-12H2,1-3H3/t17-/m1/s1. The summed E-state index contributed by atoms with van der Waals surface area (Å²) in [7, 11) is 0. The molecule has 4 heteroatoms. The van der Waals surface area contributed by atoms with Gasteiger partial charge in [0.05, 0.1) is 18.3 Å². The van der Waals surface area contributed by atoms with Gasteiger partial charge in [0.1, 0.15) is 0 Å². The van der Waals surface area contributed by atoms with Crippen molar-refractivity contribution in [2.75, 3.05) is 6.61 Å². The van der Waals surface area contributed by atoms with E-state index in [0.29, 0.717) is 6.10 Å². The van der Waals surface area contributed by atoms with Gasteiger partial charge in [-0.15, -0.1) is 0 Å². The van der Waals surface area contributed by atoms with Crippen molar-refractivity contribution in [1.82, 2.24) is 9.55 Å². The third-order valence-electron chi connectivity index (χ3n) is 4.45. The number of ether oxygens (including phenoxy) is 1. The summed E-state index contributed by atoms with van der Waals surface area (Å²) < 4.78 is 8.14. The van der Waals surface area contributed by atoms with Crippen LogP contribution in [0.2, 0.25) is 0 Å². The molecule has 0 radical (unpaired) electrons.